The van der Waals surface area contributed by atoms with E-state index >= 15 is 0 Å². The number of hydrogen-bond acceptors (Lipinski definition) is 3. The van der Waals surface area contributed by atoms with E-state index in [1.165, 1.54) is 0 Å². The van der Waals surface area contributed by atoms with E-state index in [2.05, 4.69) is 0 Å². The first kappa shape index (κ1) is 15.5. The Morgan fingerprint density at radius 3 is 2.63 bits per heavy atom. The number of hydrogen-bond donors (Lipinski definition) is 2. The SMILES string of the molecule is CC(C)(O)CCCOc1ccccc1CCC(=O)O. The Morgan fingerprint density at radius 1 is 1.32 bits per heavy atom. The molecule has 0 saturated heterocycles. The van der Waals surface area contributed by atoms with Gasteiger partial charge in [-0.1, -0.05) is 18.2 Å². The summed E-state index contributed by atoms with van der Waals surface area (Å²) in [5, 5.41) is 18.3. The topological polar surface area (TPSA) is 66.8 Å². The molecule has 19 heavy (non-hydrogen) atoms. The summed E-state index contributed by atoms with van der Waals surface area (Å²) in [5.74, 6) is -0.0728. The zero-order valence-corrected chi connectivity index (χ0v) is 11.6. The number of aliphatic hydroxyl groups is 1. The normalized spacial score (nSPS) is 11.3. The van der Waals surface area contributed by atoms with Crippen LogP contribution in [0.25, 0.3) is 0 Å². The highest BCUT2D eigenvalue weighted by atomic mass is 16.5. The van der Waals surface area contributed by atoms with Crippen molar-refractivity contribution in [2.75, 3.05) is 6.61 Å². The molecule has 0 spiro atoms. The van der Waals surface area contributed by atoms with Crippen molar-refractivity contribution in [3.63, 3.8) is 0 Å². The Kier molecular flexibility index (Phi) is 5.83. The predicted octanol–water partition coefficient (Wildman–Crippen LogP) is 2.63. The van der Waals surface area contributed by atoms with E-state index in [0.29, 0.717) is 19.4 Å². The van der Waals surface area contributed by atoms with E-state index in [0.717, 1.165) is 17.7 Å². The molecule has 0 bridgehead atoms. The number of aryl methyl sites for hydroxylation is 1. The minimum absolute atomic E-state index is 0.101. The van der Waals surface area contributed by atoms with Crippen LogP contribution in [0.4, 0.5) is 0 Å². The fourth-order valence-electron chi connectivity index (χ4n) is 1.78. The molecule has 2 N–H and O–H groups in total. The molecule has 0 aliphatic carbocycles. The van der Waals surface area contributed by atoms with Crippen molar-refractivity contribution >= 4 is 5.97 Å². The first-order valence-corrected chi connectivity index (χ1v) is 6.53. The number of rotatable bonds is 8. The molecule has 0 amide bonds. The molecule has 4 nitrogen and oxygen atoms in total. The van der Waals surface area contributed by atoms with Crippen molar-refractivity contribution in [2.45, 2.75) is 45.1 Å². The van der Waals surface area contributed by atoms with Gasteiger partial charge in [0.1, 0.15) is 5.75 Å². The third-order valence-electron chi connectivity index (χ3n) is 2.77. The molecule has 0 aliphatic heterocycles. The summed E-state index contributed by atoms with van der Waals surface area (Å²) in [6.45, 7) is 4.07. The van der Waals surface area contributed by atoms with Crippen LogP contribution < -0.4 is 4.74 Å². The lowest BCUT2D eigenvalue weighted by molar-refractivity contribution is -0.136. The summed E-state index contributed by atoms with van der Waals surface area (Å²) in [6, 6.07) is 7.48. The van der Waals surface area contributed by atoms with Gasteiger partial charge in [0.15, 0.2) is 0 Å². The molecule has 0 fully saturated rings. The standard InChI is InChI=1S/C15H22O4/c1-15(2,18)10-5-11-19-13-7-4-3-6-12(13)8-9-14(16)17/h3-4,6-7,18H,5,8-11H2,1-2H3,(H,16,17). The van der Waals surface area contributed by atoms with Gasteiger partial charge >= 0.3 is 5.97 Å². The van der Waals surface area contributed by atoms with Crippen molar-refractivity contribution in [1.82, 2.24) is 0 Å². The first-order chi connectivity index (χ1) is 8.88. The number of carboxylic acids is 1. The number of carbonyl (C=O) groups is 1. The molecule has 0 aliphatic rings. The van der Waals surface area contributed by atoms with E-state index in [1.807, 2.05) is 24.3 Å². The zero-order valence-electron chi connectivity index (χ0n) is 11.6. The Labute approximate surface area is 114 Å². The molecular formula is C15H22O4. The van der Waals surface area contributed by atoms with Crippen LogP contribution in [0.2, 0.25) is 0 Å². The van der Waals surface area contributed by atoms with E-state index in [9.17, 15) is 9.90 Å². The lowest BCUT2D eigenvalue weighted by Gasteiger charge is -2.17. The van der Waals surface area contributed by atoms with Crippen LogP contribution in [0.5, 0.6) is 5.75 Å². The van der Waals surface area contributed by atoms with Gasteiger partial charge in [-0.25, -0.2) is 0 Å². The fourth-order valence-corrected chi connectivity index (χ4v) is 1.78. The van der Waals surface area contributed by atoms with Gasteiger partial charge in [-0.15, -0.1) is 0 Å². The minimum atomic E-state index is -0.808. The molecule has 1 aromatic carbocycles. The summed E-state index contributed by atoms with van der Waals surface area (Å²) in [6.07, 6.45) is 2.00. The highest BCUT2D eigenvalue weighted by Gasteiger charge is 2.12. The molecule has 0 heterocycles. The summed E-state index contributed by atoms with van der Waals surface area (Å²) in [7, 11) is 0. The second-order valence-electron chi connectivity index (χ2n) is 5.27. The van der Waals surface area contributed by atoms with Crippen molar-refractivity contribution < 1.29 is 19.7 Å². The third kappa shape index (κ3) is 6.82. The largest absolute Gasteiger partial charge is 0.493 e. The van der Waals surface area contributed by atoms with Crippen molar-refractivity contribution in [1.29, 1.82) is 0 Å². The van der Waals surface area contributed by atoms with Crippen LogP contribution in [-0.2, 0) is 11.2 Å². The van der Waals surface area contributed by atoms with E-state index in [-0.39, 0.29) is 6.42 Å². The van der Waals surface area contributed by atoms with Crippen molar-refractivity contribution in [3.05, 3.63) is 29.8 Å². The molecule has 4 heteroatoms. The molecule has 1 rings (SSSR count). The monoisotopic (exact) mass is 266 g/mol. The average Bonchev–Trinajstić information content (AvgIpc) is 2.32. The zero-order chi connectivity index (χ0) is 14.3. The molecule has 0 unspecified atom stereocenters. The number of para-hydroxylation sites is 1. The molecule has 0 aromatic heterocycles. The fraction of sp³-hybridized carbons (Fsp3) is 0.533. The van der Waals surface area contributed by atoms with Gasteiger partial charge in [0, 0.05) is 6.42 Å². The Hall–Kier alpha value is -1.55. The number of ether oxygens (including phenoxy) is 1. The van der Waals surface area contributed by atoms with Gasteiger partial charge in [0.05, 0.1) is 12.2 Å². The van der Waals surface area contributed by atoms with Crippen LogP contribution in [0.15, 0.2) is 24.3 Å². The van der Waals surface area contributed by atoms with Crippen LogP contribution >= 0.6 is 0 Å². The van der Waals surface area contributed by atoms with E-state index < -0.39 is 11.6 Å². The lowest BCUT2D eigenvalue weighted by atomic mass is 10.0. The van der Waals surface area contributed by atoms with Crippen LogP contribution in [0.3, 0.4) is 0 Å². The second-order valence-corrected chi connectivity index (χ2v) is 5.27. The number of carboxylic acid groups (broad SMARTS) is 1. The molecule has 1 aromatic rings. The van der Waals surface area contributed by atoms with Crippen LogP contribution in [0.1, 0.15) is 38.7 Å². The van der Waals surface area contributed by atoms with E-state index in [4.69, 9.17) is 9.84 Å². The summed E-state index contributed by atoms with van der Waals surface area (Å²) < 4.78 is 5.66. The molecular weight excluding hydrogens is 244 g/mol. The Morgan fingerprint density at radius 2 is 2.00 bits per heavy atom. The maximum atomic E-state index is 10.6. The van der Waals surface area contributed by atoms with Gasteiger partial charge in [-0.05, 0) is 44.7 Å². The summed E-state index contributed by atoms with van der Waals surface area (Å²) in [4.78, 5) is 10.6. The highest BCUT2D eigenvalue weighted by Crippen LogP contribution is 2.20. The van der Waals surface area contributed by atoms with Crippen LogP contribution in [0, 0.1) is 0 Å². The lowest BCUT2D eigenvalue weighted by Crippen LogP contribution is -2.19. The average molecular weight is 266 g/mol. The quantitative estimate of drug-likeness (QED) is 0.710. The van der Waals surface area contributed by atoms with Crippen molar-refractivity contribution in [3.8, 4) is 5.75 Å². The summed E-state index contributed by atoms with van der Waals surface area (Å²) >= 11 is 0. The van der Waals surface area contributed by atoms with Gasteiger partial charge in [-0.3, -0.25) is 4.79 Å². The van der Waals surface area contributed by atoms with Gasteiger partial charge in [-0.2, -0.15) is 0 Å². The van der Waals surface area contributed by atoms with Crippen LogP contribution in [-0.4, -0.2) is 28.4 Å². The van der Waals surface area contributed by atoms with Gasteiger partial charge in [0.25, 0.3) is 0 Å². The van der Waals surface area contributed by atoms with Crippen molar-refractivity contribution in [2.24, 2.45) is 0 Å². The second kappa shape index (κ2) is 7.14. The maximum Gasteiger partial charge on any atom is 0.303 e. The molecule has 106 valence electrons. The Bertz CT molecular complexity index is 407. The Balaban J connectivity index is 2.46. The maximum absolute atomic E-state index is 10.6. The van der Waals surface area contributed by atoms with Gasteiger partial charge in [0.2, 0.25) is 0 Å². The third-order valence-corrected chi connectivity index (χ3v) is 2.77. The number of benzene rings is 1. The summed E-state index contributed by atoms with van der Waals surface area (Å²) in [5.41, 5.74) is 0.236. The minimum Gasteiger partial charge on any atom is -0.493 e. The smallest absolute Gasteiger partial charge is 0.303 e. The van der Waals surface area contributed by atoms with E-state index in [1.54, 1.807) is 13.8 Å². The molecule has 0 radical (unpaired) electrons. The van der Waals surface area contributed by atoms with Gasteiger partial charge < -0.3 is 14.9 Å². The highest BCUT2D eigenvalue weighted by molar-refractivity contribution is 5.67. The molecule has 0 atom stereocenters. The first-order valence-electron chi connectivity index (χ1n) is 6.53. The number of aliphatic carboxylic acids is 1. The predicted molar refractivity (Wildman–Crippen MR) is 73.4 cm³/mol. The molecule has 0 saturated carbocycles.